The number of aryl methyl sites for hydroxylation is 1. The minimum atomic E-state index is -4.27. The summed E-state index contributed by atoms with van der Waals surface area (Å²) in [6.45, 7) is 11.0. The maximum absolute atomic E-state index is 14.0. The number of hydrogen-bond acceptors (Lipinski definition) is 19. The molecule has 0 radical (unpaired) electrons. The van der Waals surface area contributed by atoms with E-state index in [2.05, 4.69) is 16.0 Å². The van der Waals surface area contributed by atoms with Crippen LogP contribution in [0.25, 0.3) is 0 Å². The number of carbonyl (C=O) groups is 4. The highest BCUT2D eigenvalue weighted by Crippen LogP contribution is 2.26. The third kappa shape index (κ3) is 23.2. The highest BCUT2D eigenvalue weighted by atomic mass is 32.2. The Morgan fingerprint density at radius 3 is 1.49 bits per heavy atom. The Bertz CT molecular complexity index is 3250. The highest BCUT2D eigenvalue weighted by Gasteiger charge is 2.38. The van der Waals surface area contributed by atoms with Crippen LogP contribution in [0, 0.1) is 28.9 Å². The second kappa shape index (κ2) is 34.7. The Labute approximate surface area is 520 Å². The summed E-state index contributed by atoms with van der Waals surface area (Å²) >= 11 is 0. The Hall–Kier alpha value is -7.92. The summed E-state index contributed by atoms with van der Waals surface area (Å²) in [6, 6.07) is 33.7. The first-order chi connectivity index (χ1) is 42.5. The lowest BCUT2D eigenvalue weighted by Crippen LogP contribution is -2.54. The van der Waals surface area contributed by atoms with E-state index in [0.29, 0.717) is 51.3 Å². The number of hydrogen-bond donors (Lipinski definition) is 5. The number of sulfonamides is 2. The molecule has 2 aliphatic rings. The van der Waals surface area contributed by atoms with Gasteiger partial charge in [-0.3, -0.25) is 10.1 Å². The number of amides is 3. The molecular weight excluding hydrogens is 1190 g/mol. The largest absolute Gasteiger partial charge is 0.514 e. The van der Waals surface area contributed by atoms with Gasteiger partial charge in [-0.05, 0) is 104 Å². The van der Waals surface area contributed by atoms with Crippen LogP contribution in [0.15, 0.2) is 143 Å². The third-order valence-electron chi connectivity index (χ3n) is 13.9. The molecular formula is C62H82N8O17S2. The summed E-state index contributed by atoms with van der Waals surface area (Å²) in [5.41, 5.74) is 14.1. The molecule has 6 atom stereocenters. The number of carbonyl (C=O) groups excluding carboxylic acids is 4. The number of benzene rings is 5. The number of nitrogens with zero attached hydrogens (tertiary/aromatic N) is 3. The minimum absolute atomic E-state index is 0.00804. The molecule has 2 heterocycles. The molecule has 7 rings (SSSR count). The molecule has 89 heavy (non-hydrogen) atoms. The van der Waals surface area contributed by atoms with E-state index in [1.54, 1.807) is 24.3 Å². The van der Waals surface area contributed by atoms with Crippen molar-refractivity contribution < 1.29 is 74.1 Å². The standard InChI is InChI=1S/C33H39N3O10S.C29H43N5O7S/c1-23(2)20-35(47(41,42)29-15-11-26(12-16-29)36(39)40)21-31(46-33(38)45-27-13-9-24(3)10-14-27)30(19-25-7-5-4-6-8-25)34-32(37)44-28-17-18-43-22-28;1-21(2)18-34(42(37,38)25-11-9-23(31)10-12-25)19-27(41-28(35)32-15-6-14-30)26(17-22-7-4-3-5-8-22)33-29(36)40-24-13-16-39-20-24/h4-16,23,28,30-31H,17-22H2,1-3H3,(H,34,37);3-5,7-12,21,24,26-27H,6,13-20,30-31H2,1-2H3,(H,32,35)(H,33,36)/t28?,30-,31?;24-,26-,27+/m00/s1. The van der Waals surface area contributed by atoms with Gasteiger partial charge in [0.1, 0.15) is 30.2 Å². The number of nitrogens with one attached hydrogen (secondary N) is 3. The van der Waals surface area contributed by atoms with Crippen LogP contribution in [0.3, 0.4) is 0 Å². The van der Waals surface area contributed by atoms with Gasteiger partial charge in [-0.15, -0.1) is 0 Å². The van der Waals surface area contributed by atoms with E-state index in [-0.39, 0.29) is 85.2 Å². The van der Waals surface area contributed by atoms with E-state index in [1.165, 1.54) is 28.6 Å². The second-order valence-electron chi connectivity index (χ2n) is 22.2. The molecule has 25 nitrogen and oxygen atoms in total. The Kier molecular flexibility index (Phi) is 27.4. The molecule has 2 aliphatic heterocycles. The van der Waals surface area contributed by atoms with E-state index >= 15 is 0 Å². The zero-order valence-electron chi connectivity index (χ0n) is 50.7. The summed E-state index contributed by atoms with van der Waals surface area (Å²) in [7, 11) is -8.30. The highest BCUT2D eigenvalue weighted by molar-refractivity contribution is 7.89. The fraction of sp³-hybridized carbons (Fsp3) is 0.452. The average Bonchev–Trinajstić information content (AvgIpc) is 3.31. The lowest BCUT2D eigenvalue weighted by molar-refractivity contribution is -0.384. The quantitative estimate of drug-likeness (QED) is 0.00581. The fourth-order valence-electron chi connectivity index (χ4n) is 9.42. The van der Waals surface area contributed by atoms with E-state index in [0.717, 1.165) is 45.3 Å². The predicted molar refractivity (Wildman–Crippen MR) is 331 cm³/mol. The Balaban J connectivity index is 0.000000286. The molecule has 0 aromatic heterocycles. The second-order valence-corrected chi connectivity index (χ2v) is 26.1. The molecule has 2 fully saturated rings. The maximum atomic E-state index is 14.0. The topological polar surface area (TPSA) is 339 Å². The molecule has 2 unspecified atom stereocenters. The van der Waals surface area contributed by atoms with Gasteiger partial charge < -0.3 is 60.6 Å². The molecule has 27 heteroatoms. The van der Waals surface area contributed by atoms with Crippen LogP contribution in [0.2, 0.25) is 0 Å². The number of alkyl carbamates (subject to hydrolysis) is 3. The van der Waals surface area contributed by atoms with Gasteiger partial charge in [0.05, 0.1) is 66.3 Å². The fourth-order valence-corrected chi connectivity index (χ4v) is 12.7. The van der Waals surface area contributed by atoms with E-state index < -0.39 is 85.9 Å². The molecule has 0 aliphatic carbocycles. The lowest BCUT2D eigenvalue weighted by Gasteiger charge is -2.33. The minimum Gasteiger partial charge on any atom is -0.444 e. The zero-order valence-corrected chi connectivity index (χ0v) is 52.3. The third-order valence-corrected chi connectivity index (χ3v) is 17.6. The number of rotatable bonds is 29. The molecule has 0 bridgehead atoms. The predicted octanol–water partition coefficient (Wildman–Crippen LogP) is 7.75. The van der Waals surface area contributed by atoms with Crippen LogP contribution in [0.5, 0.6) is 5.75 Å². The first-order valence-corrected chi connectivity index (χ1v) is 32.2. The van der Waals surface area contributed by atoms with Crippen LogP contribution < -0.4 is 32.2 Å². The van der Waals surface area contributed by atoms with Crippen LogP contribution in [-0.2, 0) is 61.3 Å². The summed E-state index contributed by atoms with van der Waals surface area (Å²) < 4.78 is 96.9. The Morgan fingerprint density at radius 2 is 1.08 bits per heavy atom. The van der Waals surface area contributed by atoms with Gasteiger partial charge in [-0.25, -0.2) is 36.0 Å². The van der Waals surface area contributed by atoms with Crippen LogP contribution in [0.1, 0.15) is 63.6 Å². The lowest BCUT2D eigenvalue weighted by atomic mass is 10.0. The zero-order chi connectivity index (χ0) is 64.5. The van der Waals surface area contributed by atoms with Gasteiger partial charge in [-0.1, -0.05) is 106 Å². The number of non-ortho nitro benzene ring substituents is 1. The van der Waals surface area contributed by atoms with Crippen molar-refractivity contribution in [2.45, 2.75) is 113 Å². The molecule has 2 saturated heterocycles. The van der Waals surface area contributed by atoms with Crippen molar-refractivity contribution in [3.05, 3.63) is 160 Å². The van der Waals surface area contributed by atoms with Gasteiger partial charge in [0.15, 0.2) is 0 Å². The van der Waals surface area contributed by atoms with Gasteiger partial charge in [-0.2, -0.15) is 8.61 Å². The SMILES string of the molecule is CC(C)CN(C[C@@H](OC(=O)NCCCN)[C@H](Cc1ccccc1)NC(=O)O[C@H]1CCOC1)S(=O)(=O)c1ccc(N)cc1.Cc1ccc(OC(=O)OC(CN(CC(C)C)S(=O)(=O)c2ccc([N+](=O)[O-])cc2)[C@H](Cc2ccccc2)NC(=O)OC2CCOC2)cc1. The van der Waals surface area contributed by atoms with Gasteiger partial charge in [0.25, 0.3) is 5.69 Å². The maximum Gasteiger partial charge on any atom is 0.514 e. The summed E-state index contributed by atoms with van der Waals surface area (Å²) in [5, 5.41) is 19.5. The van der Waals surface area contributed by atoms with Crippen LogP contribution in [0.4, 0.5) is 30.6 Å². The molecule has 484 valence electrons. The van der Waals surface area contributed by atoms with Gasteiger partial charge in [0.2, 0.25) is 20.0 Å². The van der Waals surface area contributed by atoms with E-state index in [4.69, 9.17) is 44.6 Å². The first-order valence-electron chi connectivity index (χ1n) is 29.4. The first kappa shape index (κ1) is 70.2. The number of nitro groups is 1. The van der Waals surface area contributed by atoms with Crippen molar-refractivity contribution in [3.63, 3.8) is 0 Å². The molecule has 7 N–H and O–H groups in total. The number of nitrogens with two attached hydrogens (primary N) is 2. The van der Waals surface area contributed by atoms with Crippen LogP contribution >= 0.6 is 0 Å². The number of nitrogen functional groups attached to an aromatic ring is 1. The molecule has 0 saturated carbocycles. The molecule has 5 aromatic carbocycles. The number of nitro benzene ring substituents is 1. The molecule has 5 aromatic rings. The average molecular weight is 1280 g/mol. The van der Waals surface area contributed by atoms with Crippen molar-refractivity contribution >= 4 is 55.9 Å². The summed E-state index contributed by atoms with van der Waals surface area (Å²) in [6.07, 6.45) is -4.54. The number of ether oxygens (including phenoxy) is 7. The van der Waals surface area contributed by atoms with Crippen molar-refractivity contribution in [3.8, 4) is 5.75 Å². The summed E-state index contributed by atoms with van der Waals surface area (Å²) in [5.74, 6) is -0.0126. The summed E-state index contributed by atoms with van der Waals surface area (Å²) in [4.78, 5) is 62.7. The smallest absolute Gasteiger partial charge is 0.444 e. The van der Waals surface area contributed by atoms with Gasteiger partial charge >= 0.3 is 24.4 Å². The number of anilines is 1. The van der Waals surface area contributed by atoms with Crippen molar-refractivity contribution in [2.75, 3.05) is 71.4 Å². The van der Waals surface area contributed by atoms with E-state index in [1.807, 2.05) is 95.3 Å². The Morgan fingerprint density at radius 1 is 0.629 bits per heavy atom. The van der Waals surface area contributed by atoms with Crippen molar-refractivity contribution in [2.24, 2.45) is 17.6 Å². The van der Waals surface area contributed by atoms with Crippen molar-refractivity contribution in [1.82, 2.24) is 24.6 Å². The monoisotopic (exact) mass is 1270 g/mol. The van der Waals surface area contributed by atoms with E-state index in [9.17, 15) is 46.1 Å². The molecule has 3 amide bonds. The molecule has 0 spiro atoms. The van der Waals surface area contributed by atoms with Crippen LogP contribution in [-0.4, -0.2) is 157 Å². The van der Waals surface area contributed by atoms with Gasteiger partial charge in [0, 0.05) is 50.3 Å². The normalized spacial score (nSPS) is 16.3. The van der Waals surface area contributed by atoms with Crippen molar-refractivity contribution in [1.29, 1.82) is 0 Å².